The predicted molar refractivity (Wildman–Crippen MR) is 145 cm³/mol. The van der Waals surface area contributed by atoms with Gasteiger partial charge in [0, 0.05) is 34.9 Å². The van der Waals surface area contributed by atoms with Gasteiger partial charge in [0.05, 0.1) is 12.3 Å². The first-order valence-electron chi connectivity index (χ1n) is 12.0. The lowest BCUT2D eigenvalue weighted by molar-refractivity contribution is 0.158. The summed E-state index contributed by atoms with van der Waals surface area (Å²) < 4.78 is 0. The largest absolute Gasteiger partial charge is 0.506 e. The minimum absolute atomic E-state index is 0.0627. The molecule has 1 aromatic carbocycles. The van der Waals surface area contributed by atoms with Crippen molar-refractivity contribution in [1.82, 2.24) is 20.2 Å². The molecule has 0 aliphatic carbocycles. The van der Waals surface area contributed by atoms with Crippen LogP contribution in [0.2, 0.25) is 5.02 Å². The van der Waals surface area contributed by atoms with Crippen molar-refractivity contribution in [1.29, 1.82) is 0 Å². The Balaban J connectivity index is 0.000000255. The van der Waals surface area contributed by atoms with Crippen molar-refractivity contribution >= 4 is 11.6 Å². The maximum atomic E-state index is 9.91. The van der Waals surface area contributed by atoms with Crippen LogP contribution in [0.1, 0.15) is 61.9 Å². The highest BCUT2D eigenvalue weighted by Gasteiger charge is 2.16. The zero-order valence-corrected chi connectivity index (χ0v) is 22.6. The van der Waals surface area contributed by atoms with E-state index in [0.717, 1.165) is 23.7 Å². The van der Waals surface area contributed by atoms with E-state index in [1.165, 1.54) is 11.6 Å². The van der Waals surface area contributed by atoms with Gasteiger partial charge in [-0.2, -0.15) is 0 Å². The van der Waals surface area contributed by atoms with Crippen LogP contribution in [0.5, 0.6) is 5.75 Å². The average Bonchev–Trinajstić information content (AvgIpc) is 2.84. The lowest BCUT2D eigenvalue weighted by Crippen LogP contribution is -2.38. The van der Waals surface area contributed by atoms with Gasteiger partial charge in [-0.25, -0.2) is 4.98 Å². The van der Waals surface area contributed by atoms with E-state index in [0.29, 0.717) is 18.2 Å². The summed E-state index contributed by atoms with van der Waals surface area (Å²) in [5.74, 6) is 0.257. The number of benzene rings is 1. The van der Waals surface area contributed by atoms with E-state index < -0.39 is 6.10 Å². The Morgan fingerprint density at radius 3 is 2.25 bits per heavy atom. The summed E-state index contributed by atoms with van der Waals surface area (Å²) >= 11 is 5.97. The highest BCUT2D eigenvalue weighted by molar-refractivity contribution is 6.30. The number of pyridine rings is 2. The summed E-state index contributed by atoms with van der Waals surface area (Å²) in [6.07, 6.45) is 2.14. The van der Waals surface area contributed by atoms with Gasteiger partial charge in [-0.15, -0.1) is 0 Å². The van der Waals surface area contributed by atoms with Gasteiger partial charge >= 0.3 is 0 Å². The number of aliphatic hydroxyl groups is 2. The Kier molecular flexibility index (Phi) is 11.8. The molecule has 2 heterocycles. The van der Waals surface area contributed by atoms with E-state index in [2.05, 4.69) is 52.5 Å². The Bertz CT molecular complexity index is 1040. The molecule has 2 atom stereocenters. The van der Waals surface area contributed by atoms with Crippen LogP contribution in [0.3, 0.4) is 0 Å². The van der Waals surface area contributed by atoms with Crippen LogP contribution in [-0.4, -0.2) is 62.9 Å². The number of β-amino-alcohol motifs (C(OH)–C–C–N with tert-alkyl or cyclic N) is 1. The average molecular weight is 515 g/mol. The molecule has 3 aromatic rings. The molecule has 0 spiro atoms. The molecule has 0 saturated carbocycles. The standard InChI is InChI=1S/C16H19ClN2.C12H20N2O3/c1-19(2)12-10-15(16-5-3-4-11-18-16)13-6-8-14(17)9-7-13;1-12(2,3)13-6-11(17)8-4-5-10(16)9(7-15)14-8/h3-9,11,15H,10,12H2,1-2H3;4-5,11,13,15-17H,6-7H2,1-3H3. The highest BCUT2D eigenvalue weighted by atomic mass is 35.5. The van der Waals surface area contributed by atoms with E-state index in [4.69, 9.17) is 16.7 Å². The fourth-order valence-corrected chi connectivity index (χ4v) is 3.60. The third-order valence-electron chi connectivity index (χ3n) is 5.47. The fraction of sp³-hybridized carbons (Fsp3) is 0.429. The molecule has 7 nitrogen and oxygen atoms in total. The van der Waals surface area contributed by atoms with Crippen molar-refractivity contribution < 1.29 is 15.3 Å². The molecule has 0 saturated heterocycles. The molecule has 0 fully saturated rings. The normalized spacial score (nSPS) is 13.1. The topological polar surface area (TPSA) is 102 Å². The fourth-order valence-electron chi connectivity index (χ4n) is 3.47. The lowest BCUT2D eigenvalue weighted by Gasteiger charge is -2.22. The summed E-state index contributed by atoms with van der Waals surface area (Å²) in [7, 11) is 4.19. The first kappa shape index (κ1) is 29.7. The zero-order valence-electron chi connectivity index (χ0n) is 21.8. The van der Waals surface area contributed by atoms with E-state index in [-0.39, 0.29) is 23.6 Å². The van der Waals surface area contributed by atoms with Gasteiger partial charge in [-0.05, 0) is 89.8 Å². The first-order chi connectivity index (χ1) is 17.0. The van der Waals surface area contributed by atoms with E-state index in [9.17, 15) is 10.2 Å². The third kappa shape index (κ3) is 10.2. The maximum absolute atomic E-state index is 9.91. The molecular formula is C28H39ClN4O3. The minimum Gasteiger partial charge on any atom is -0.506 e. The van der Waals surface area contributed by atoms with Crippen LogP contribution in [-0.2, 0) is 6.61 Å². The lowest BCUT2D eigenvalue weighted by atomic mass is 9.92. The second kappa shape index (κ2) is 14.3. The van der Waals surface area contributed by atoms with Crippen LogP contribution in [0.15, 0.2) is 60.8 Å². The molecule has 3 rings (SSSR count). The van der Waals surface area contributed by atoms with Crippen LogP contribution >= 0.6 is 11.6 Å². The molecule has 0 amide bonds. The van der Waals surface area contributed by atoms with Crippen LogP contribution < -0.4 is 5.32 Å². The van der Waals surface area contributed by atoms with Crippen molar-refractivity contribution in [2.45, 2.75) is 51.4 Å². The van der Waals surface area contributed by atoms with Crippen molar-refractivity contribution in [2.75, 3.05) is 27.2 Å². The van der Waals surface area contributed by atoms with E-state index in [1.54, 1.807) is 6.07 Å². The number of aliphatic hydroxyl groups excluding tert-OH is 2. The van der Waals surface area contributed by atoms with Gasteiger partial charge in [0.25, 0.3) is 0 Å². The number of aromatic nitrogens is 2. The minimum atomic E-state index is -0.764. The van der Waals surface area contributed by atoms with Crippen LogP contribution in [0.25, 0.3) is 0 Å². The van der Waals surface area contributed by atoms with Crippen molar-refractivity contribution in [3.05, 3.63) is 88.5 Å². The first-order valence-corrected chi connectivity index (χ1v) is 12.4. The van der Waals surface area contributed by atoms with Gasteiger partial charge in [-0.1, -0.05) is 29.8 Å². The van der Waals surface area contributed by atoms with Crippen LogP contribution in [0.4, 0.5) is 0 Å². The molecule has 0 radical (unpaired) electrons. The summed E-state index contributed by atoms with van der Waals surface area (Å²) in [6.45, 7) is 7.06. The van der Waals surface area contributed by atoms with Gasteiger partial charge in [-0.3, -0.25) is 4.98 Å². The molecule has 196 valence electrons. The highest BCUT2D eigenvalue weighted by Crippen LogP contribution is 2.27. The SMILES string of the molecule is CC(C)(C)NCC(O)c1ccc(O)c(CO)n1.CN(C)CCC(c1ccc(Cl)cc1)c1ccccn1. The molecule has 2 aromatic heterocycles. The van der Waals surface area contributed by atoms with E-state index >= 15 is 0 Å². The molecule has 0 aliphatic heterocycles. The van der Waals surface area contributed by atoms with Crippen molar-refractivity contribution in [3.63, 3.8) is 0 Å². The van der Waals surface area contributed by atoms with Gasteiger partial charge < -0.3 is 25.5 Å². The number of hydrogen-bond donors (Lipinski definition) is 4. The predicted octanol–water partition coefficient (Wildman–Crippen LogP) is 4.52. The number of nitrogens with zero attached hydrogens (tertiary/aromatic N) is 3. The number of nitrogens with one attached hydrogen (secondary N) is 1. The molecule has 0 bridgehead atoms. The Labute approximate surface area is 219 Å². The molecular weight excluding hydrogens is 476 g/mol. The number of halogens is 1. The monoisotopic (exact) mass is 514 g/mol. The maximum Gasteiger partial charge on any atom is 0.139 e. The second-order valence-corrected chi connectivity index (χ2v) is 10.4. The molecule has 4 N–H and O–H groups in total. The van der Waals surface area contributed by atoms with Crippen molar-refractivity contribution in [2.24, 2.45) is 0 Å². The van der Waals surface area contributed by atoms with E-state index in [1.807, 2.05) is 51.2 Å². The number of hydrogen-bond acceptors (Lipinski definition) is 7. The second-order valence-electron chi connectivity index (χ2n) is 9.96. The Hall–Kier alpha value is -2.55. The third-order valence-corrected chi connectivity index (χ3v) is 5.72. The summed E-state index contributed by atoms with van der Waals surface area (Å²) in [6, 6.07) is 17.1. The molecule has 2 unspecified atom stereocenters. The Morgan fingerprint density at radius 1 is 1.00 bits per heavy atom. The quantitative estimate of drug-likeness (QED) is 0.333. The van der Waals surface area contributed by atoms with Crippen molar-refractivity contribution in [3.8, 4) is 5.75 Å². The smallest absolute Gasteiger partial charge is 0.139 e. The molecule has 8 heteroatoms. The summed E-state index contributed by atoms with van der Waals surface area (Å²) in [4.78, 5) is 10.7. The van der Waals surface area contributed by atoms with Crippen LogP contribution in [0, 0.1) is 0 Å². The Morgan fingerprint density at radius 2 is 1.69 bits per heavy atom. The zero-order chi connectivity index (χ0) is 26.7. The molecule has 36 heavy (non-hydrogen) atoms. The number of aromatic hydroxyl groups is 1. The molecule has 0 aliphatic rings. The summed E-state index contributed by atoms with van der Waals surface area (Å²) in [5.41, 5.74) is 2.91. The van der Waals surface area contributed by atoms with Gasteiger partial charge in [0.15, 0.2) is 0 Å². The van der Waals surface area contributed by atoms with Gasteiger partial charge in [0.2, 0.25) is 0 Å². The number of rotatable bonds is 9. The summed E-state index contributed by atoms with van der Waals surface area (Å²) in [5, 5.41) is 32.2. The van der Waals surface area contributed by atoms with Gasteiger partial charge in [0.1, 0.15) is 17.5 Å².